The molecule has 3 rings (SSSR count). The minimum atomic E-state index is -0.215. The molecule has 0 saturated carbocycles. The van der Waals surface area contributed by atoms with E-state index >= 15 is 0 Å². The summed E-state index contributed by atoms with van der Waals surface area (Å²) in [7, 11) is 0. The molecule has 0 aliphatic carbocycles. The van der Waals surface area contributed by atoms with E-state index in [1.54, 1.807) is 29.8 Å². The fourth-order valence-electron chi connectivity index (χ4n) is 2.58. The quantitative estimate of drug-likeness (QED) is 0.882. The third-order valence-electron chi connectivity index (χ3n) is 3.73. The highest BCUT2D eigenvalue weighted by Crippen LogP contribution is 2.25. The van der Waals surface area contributed by atoms with Gasteiger partial charge in [0.25, 0.3) is 0 Å². The van der Waals surface area contributed by atoms with Crippen molar-refractivity contribution in [3.05, 3.63) is 46.9 Å². The number of nitrogens with one attached hydrogen (secondary N) is 2. The van der Waals surface area contributed by atoms with Crippen LogP contribution in [0.5, 0.6) is 0 Å². The van der Waals surface area contributed by atoms with Crippen LogP contribution in [0.1, 0.15) is 10.9 Å². The van der Waals surface area contributed by atoms with Gasteiger partial charge in [0.15, 0.2) is 0 Å². The molecule has 6 nitrogen and oxygen atoms in total. The summed E-state index contributed by atoms with van der Waals surface area (Å²) in [5, 5.41) is 7.82. The summed E-state index contributed by atoms with van der Waals surface area (Å²) in [6.45, 7) is 3.81. The summed E-state index contributed by atoms with van der Waals surface area (Å²) in [6, 6.07) is 7.73. The molecule has 0 bridgehead atoms. The topological polar surface area (TPSA) is 66.5 Å². The molecule has 1 fully saturated rings. The first-order valence-electron chi connectivity index (χ1n) is 7.63. The Labute approximate surface area is 139 Å². The Kier molecular flexibility index (Phi) is 5.57. The number of thiophene rings is 1. The molecule has 7 heteroatoms. The number of rotatable bonds is 5. The van der Waals surface area contributed by atoms with Crippen molar-refractivity contribution in [2.24, 2.45) is 0 Å². The van der Waals surface area contributed by atoms with Crippen LogP contribution >= 0.6 is 11.3 Å². The van der Waals surface area contributed by atoms with Crippen molar-refractivity contribution in [1.82, 2.24) is 15.2 Å². The number of urea groups is 1. The van der Waals surface area contributed by atoms with E-state index in [0.717, 1.165) is 26.3 Å². The molecule has 0 aromatic carbocycles. The van der Waals surface area contributed by atoms with Crippen LogP contribution in [0.3, 0.4) is 0 Å². The Bertz CT molecular complexity index is 600. The number of aromatic nitrogens is 1. The van der Waals surface area contributed by atoms with Crippen molar-refractivity contribution in [2.75, 3.05) is 38.2 Å². The Morgan fingerprint density at radius 1 is 1.35 bits per heavy atom. The SMILES string of the molecule is O=C(NCC(c1cccs1)N1CCOCC1)Nc1cccnc1. The molecule has 2 aromatic rings. The first kappa shape index (κ1) is 15.9. The van der Waals surface area contributed by atoms with Gasteiger partial charge in [0, 0.05) is 30.7 Å². The van der Waals surface area contributed by atoms with Crippen LogP contribution < -0.4 is 10.6 Å². The maximum Gasteiger partial charge on any atom is 0.319 e. The maximum absolute atomic E-state index is 12.1. The molecule has 1 saturated heterocycles. The summed E-state index contributed by atoms with van der Waals surface area (Å²) < 4.78 is 5.43. The van der Waals surface area contributed by atoms with Gasteiger partial charge in [-0.3, -0.25) is 9.88 Å². The Morgan fingerprint density at radius 2 is 2.22 bits per heavy atom. The van der Waals surface area contributed by atoms with Crippen LogP contribution in [0.25, 0.3) is 0 Å². The number of nitrogens with zero attached hydrogens (tertiary/aromatic N) is 2. The third kappa shape index (κ3) is 4.51. The molecule has 1 aliphatic rings. The van der Waals surface area contributed by atoms with E-state index in [0.29, 0.717) is 12.2 Å². The first-order chi connectivity index (χ1) is 11.3. The van der Waals surface area contributed by atoms with Gasteiger partial charge >= 0.3 is 6.03 Å². The average molecular weight is 332 g/mol. The summed E-state index contributed by atoms with van der Waals surface area (Å²) in [6.07, 6.45) is 3.30. The molecular weight excluding hydrogens is 312 g/mol. The zero-order valence-corrected chi connectivity index (χ0v) is 13.6. The zero-order valence-electron chi connectivity index (χ0n) is 12.8. The molecule has 23 heavy (non-hydrogen) atoms. The highest BCUT2D eigenvalue weighted by atomic mass is 32.1. The summed E-state index contributed by atoms with van der Waals surface area (Å²) in [5.41, 5.74) is 0.684. The van der Waals surface area contributed by atoms with Crippen LogP contribution in [-0.4, -0.2) is 48.8 Å². The van der Waals surface area contributed by atoms with Gasteiger partial charge < -0.3 is 15.4 Å². The second-order valence-electron chi connectivity index (χ2n) is 5.26. The molecule has 1 unspecified atom stereocenters. The van der Waals surface area contributed by atoms with Gasteiger partial charge in [-0.15, -0.1) is 11.3 Å². The number of hydrogen-bond acceptors (Lipinski definition) is 5. The second kappa shape index (κ2) is 8.05. The summed E-state index contributed by atoms with van der Waals surface area (Å²) in [4.78, 5) is 19.7. The molecule has 0 radical (unpaired) electrons. The molecule has 0 spiro atoms. The number of hydrogen-bond donors (Lipinski definition) is 2. The van der Waals surface area contributed by atoms with Crippen molar-refractivity contribution >= 4 is 23.1 Å². The van der Waals surface area contributed by atoms with Crippen LogP contribution in [0.2, 0.25) is 0 Å². The third-order valence-corrected chi connectivity index (χ3v) is 4.71. The number of carbonyl (C=O) groups is 1. The Balaban J connectivity index is 1.59. The van der Waals surface area contributed by atoms with Gasteiger partial charge in [-0.2, -0.15) is 0 Å². The Morgan fingerprint density at radius 3 is 2.91 bits per heavy atom. The smallest absolute Gasteiger partial charge is 0.319 e. The number of morpholine rings is 1. The lowest BCUT2D eigenvalue weighted by atomic mass is 10.2. The van der Waals surface area contributed by atoms with E-state index < -0.39 is 0 Å². The lowest BCUT2D eigenvalue weighted by molar-refractivity contribution is 0.0175. The van der Waals surface area contributed by atoms with Crippen LogP contribution in [0, 0.1) is 0 Å². The van der Waals surface area contributed by atoms with Crippen molar-refractivity contribution in [3.63, 3.8) is 0 Å². The zero-order chi connectivity index (χ0) is 15.9. The molecular formula is C16H20N4O2S. The summed E-state index contributed by atoms with van der Waals surface area (Å²) in [5.74, 6) is 0. The molecule has 1 atom stereocenters. The molecule has 2 amide bonds. The normalized spacial score (nSPS) is 16.7. The minimum Gasteiger partial charge on any atom is -0.379 e. The van der Waals surface area contributed by atoms with Crippen molar-refractivity contribution < 1.29 is 9.53 Å². The van der Waals surface area contributed by atoms with Gasteiger partial charge in [0.2, 0.25) is 0 Å². The number of anilines is 1. The number of pyridine rings is 1. The van der Waals surface area contributed by atoms with Gasteiger partial charge in [-0.05, 0) is 23.6 Å². The van der Waals surface area contributed by atoms with Gasteiger partial charge in [-0.1, -0.05) is 6.07 Å². The van der Waals surface area contributed by atoms with E-state index in [1.165, 1.54) is 4.88 Å². The number of amides is 2. The van der Waals surface area contributed by atoms with E-state index in [9.17, 15) is 4.79 Å². The van der Waals surface area contributed by atoms with E-state index in [2.05, 4.69) is 32.0 Å². The van der Waals surface area contributed by atoms with E-state index in [4.69, 9.17) is 4.74 Å². The molecule has 3 heterocycles. The van der Waals surface area contributed by atoms with Gasteiger partial charge in [-0.25, -0.2) is 4.79 Å². The van der Waals surface area contributed by atoms with Gasteiger partial charge in [0.05, 0.1) is 31.1 Å². The first-order valence-corrected chi connectivity index (χ1v) is 8.51. The fraction of sp³-hybridized carbons (Fsp3) is 0.375. The standard InChI is InChI=1S/C16H20N4O2S/c21-16(19-13-3-1-5-17-11-13)18-12-14(15-4-2-10-23-15)20-6-8-22-9-7-20/h1-5,10-11,14H,6-9,12H2,(H2,18,19,21). The van der Waals surface area contributed by atoms with Crippen LogP contribution in [0.15, 0.2) is 42.0 Å². The minimum absolute atomic E-state index is 0.179. The summed E-state index contributed by atoms with van der Waals surface area (Å²) >= 11 is 1.72. The average Bonchev–Trinajstić information content (AvgIpc) is 3.11. The maximum atomic E-state index is 12.1. The molecule has 1 aliphatic heterocycles. The molecule has 122 valence electrons. The predicted octanol–water partition coefficient (Wildman–Crippen LogP) is 2.34. The highest BCUT2D eigenvalue weighted by molar-refractivity contribution is 7.10. The fourth-order valence-corrected chi connectivity index (χ4v) is 3.44. The van der Waals surface area contributed by atoms with E-state index in [1.807, 2.05) is 12.1 Å². The lowest BCUT2D eigenvalue weighted by Gasteiger charge is -2.34. The number of ether oxygens (including phenoxy) is 1. The monoisotopic (exact) mass is 332 g/mol. The predicted molar refractivity (Wildman–Crippen MR) is 90.7 cm³/mol. The van der Waals surface area contributed by atoms with Crippen LogP contribution in [-0.2, 0) is 4.74 Å². The number of carbonyl (C=O) groups excluding carboxylic acids is 1. The highest BCUT2D eigenvalue weighted by Gasteiger charge is 2.23. The van der Waals surface area contributed by atoms with Crippen molar-refractivity contribution in [2.45, 2.75) is 6.04 Å². The Hall–Kier alpha value is -1.96. The van der Waals surface area contributed by atoms with Crippen molar-refractivity contribution in [3.8, 4) is 0 Å². The largest absolute Gasteiger partial charge is 0.379 e. The lowest BCUT2D eigenvalue weighted by Crippen LogP contribution is -2.44. The van der Waals surface area contributed by atoms with Crippen LogP contribution in [0.4, 0.5) is 10.5 Å². The van der Waals surface area contributed by atoms with Crippen molar-refractivity contribution in [1.29, 1.82) is 0 Å². The van der Waals surface area contributed by atoms with E-state index in [-0.39, 0.29) is 12.1 Å². The second-order valence-corrected chi connectivity index (χ2v) is 6.24. The molecule has 2 aromatic heterocycles. The molecule has 2 N–H and O–H groups in total. The van der Waals surface area contributed by atoms with Gasteiger partial charge in [0.1, 0.15) is 0 Å².